The molecule has 0 saturated carbocycles. The minimum Gasteiger partial charge on any atom is -0.396 e. The van der Waals surface area contributed by atoms with Gasteiger partial charge >= 0.3 is 0 Å². The standard InChI is InChI=1S/C12H23NO2/c1-10(2)11(9-14)12(15)13-7-5-3-4-6-8-13/h10-11,14H,3-9H2,1-2H3. The largest absolute Gasteiger partial charge is 0.396 e. The maximum atomic E-state index is 12.1. The van der Waals surface area contributed by atoms with E-state index in [4.69, 9.17) is 0 Å². The summed E-state index contributed by atoms with van der Waals surface area (Å²) < 4.78 is 0. The summed E-state index contributed by atoms with van der Waals surface area (Å²) in [6.07, 6.45) is 4.69. The summed E-state index contributed by atoms with van der Waals surface area (Å²) in [4.78, 5) is 14.0. The van der Waals surface area contributed by atoms with Gasteiger partial charge in [0.15, 0.2) is 0 Å². The van der Waals surface area contributed by atoms with Crippen LogP contribution in [-0.4, -0.2) is 35.6 Å². The van der Waals surface area contributed by atoms with E-state index >= 15 is 0 Å². The Hall–Kier alpha value is -0.570. The van der Waals surface area contributed by atoms with Crippen molar-refractivity contribution in [2.24, 2.45) is 11.8 Å². The summed E-state index contributed by atoms with van der Waals surface area (Å²) in [6.45, 7) is 5.73. The zero-order valence-corrected chi connectivity index (χ0v) is 9.91. The van der Waals surface area contributed by atoms with Crippen LogP contribution in [0.2, 0.25) is 0 Å². The zero-order valence-electron chi connectivity index (χ0n) is 9.91. The second-order valence-corrected chi connectivity index (χ2v) is 4.77. The average Bonchev–Trinajstić information content (AvgIpc) is 2.45. The Kier molecular flexibility index (Phi) is 5.09. The van der Waals surface area contributed by atoms with Crippen LogP contribution in [0, 0.1) is 11.8 Å². The molecular weight excluding hydrogens is 190 g/mol. The fraction of sp³-hybridized carbons (Fsp3) is 0.917. The van der Waals surface area contributed by atoms with E-state index in [0.717, 1.165) is 25.9 Å². The minimum absolute atomic E-state index is 0.0208. The molecule has 1 fully saturated rings. The molecule has 0 aromatic carbocycles. The molecule has 3 nitrogen and oxygen atoms in total. The van der Waals surface area contributed by atoms with Crippen molar-refractivity contribution in [2.75, 3.05) is 19.7 Å². The predicted octanol–water partition coefficient (Wildman–Crippen LogP) is 1.65. The lowest BCUT2D eigenvalue weighted by Gasteiger charge is -2.27. The van der Waals surface area contributed by atoms with Gasteiger partial charge in [-0.3, -0.25) is 4.79 Å². The molecule has 1 unspecified atom stereocenters. The molecule has 0 aromatic rings. The van der Waals surface area contributed by atoms with Gasteiger partial charge < -0.3 is 10.0 Å². The lowest BCUT2D eigenvalue weighted by Crippen LogP contribution is -2.40. The highest BCUT2D eigenvalue weighted by Gasteiger charge is 2.26. The van der Waals surface area contributed by atoms with Gasteiger partial charge in [0.2, 0.25) is 5.91 Å². The van der Waals surface area contributed by atoms with Gasteiger partial charge in [0.05, 0.1) is 12.5 Å². The number of carbonyl (C=O) groups is 1. The van der Waals surface area contributed by atoms with Crippen LogP contribution in [0.1, 0.15) is 39.5 Å². The molecule has 0 bridgehead atoms. The molecule has 88 valence electrons. The first-order valence-corrected chi connectivity index (χ1v) is 6.06. The number of likely N-dealkylation sites (tertiary alicyclic amines) is 1. The van der Waals surface area contributed by atoms with Crippen molar-refractivity contribution in [3.8, 4) is 0 Å². The number of aliphatic hydroxyl groups is 1. The Morgan fingerprint density at radius 3 is 2.13 bits per heavy atom. The van der Waals surface area contributed by atoms with E-state index in [9.17, 15) is 9.90 Å². The maximum Gasteiger partial charge on any atom is 0.228 e. The predicted molar refractivity (Wildman–Crippen MR) is 60.5 cm³/mol. The molecular formula is C12H23NO2. The Morgan fingerprint density at radius 1 is 1.20 bits per heavy atom. The van der Waals surface area contributed by atoms with Crippen molar-refractivity contribution in [2.45, 2.75) is 39.5 Å². The van der Waals surface area contributed by atoms with Crippen LogP contribution >= 0.6 is 0 Å². The first kappa shape index (κ1) is 12.5. The summed E-state index contributed by atoms with van der Waals surface area (Å²) in [5, 5.41) is 9.22. The van der Waals surface area contributed by atoms with E-state index in [2.05, 4.69) is 0 Å². The number of aliphatic hydroxyl groups excluding tert-OH is 1. The fourth-order valence-electron chi connectivity index (χ4n) is 2.10. The average molecular weight is 213 g/mol. The normalized spacial score (nSPS) is 20.1. The van der Waals surface area contributed by atoms with E-state index in [-0.39, 0.29) is 24.3 Å². The SMILES string of the molecule is CC(C)C(CO)C(=O)N1CCCCCC1. The van der Waals surface area contributed by atoms with Gasteiger partial charge in [0.25, 0.3) is 0 Å². The minimum atomic E-state index is -0.205. The lowest BCUT2D eigenvalue weighted by atomic mass is 9.95. The van der Waals surface area contributed by atoms with Gasteiger partial charge in [-0.05, 0) is 18.8 Å². The lowest BCUT2D eigenvalue weighted by molar-refractivity contribution is -0.138. The molecule has 0 spiro atoms. The highest BCUT2D eigenvalue weighted by molar-refractivity contribution is 5.79. The fourth-order valence-corrected chi connectivity index (χ4v) is 2.10. The van der Waals surface area contributed by atoms with E-state index in [1.54, 1.807) is 0 Å². The topological polar surface area (TPSA) is 40.5 Å². The van der Waals surface area contributed by atoms with Crippen molar-refractivity contribution < 1.29 is 9.90 Å². The van der Waals surface area contributed by atoms with Crippen LogP contribution in [-0.2, 0) is 4.79 Å². The number of hydrogen-bond acceptors (Lipinski definition) is 2. The molecule has 0 aliphatic carbocycles. The summed E-state index contributed by atoms with van der Waals surface area (Å²) >= 11 is 0. The van der Waals surface area contributed by atoms with Crippen molar-refractivity contribution in [1.82, 2.24) is 4.90 Å². The monoisotopic (exact) mass is 213 g/mol. The summed E-state index contributed by atoms with van der Waals surface area (Å²) in [5.74, 6) is 0.170. The molecule has 1 atom stereocenters. The molecule has 1 aliphatic rings. The van der Waals surface area contributed by atoms with Gasteiger partial charge in [-0.25, -0.2) is 0 Å². The van der Waals surface area contributed by atoms with Gasteiger partial charge in [-0.15, -0.1) is 0 Å². The molecule has 1 N–H and O–H groups in total. The molecule has 0 radical (unpaired) electrons. The summed E-state index contributed by atoms with van der Waals surface area (Å²) in [7, 11) is 0. The summed E-state index contributed by atoms with van der Waals surface area (Å²) in [6, 6.07) is 0. The van der Waals surface area contributed by atoms with Crippen LogP contribution in [0.5, 0.6) is 0 Å². The van der Waals surface area contributed by atoms with Gasteiger partial charge in [-0.2, -0.15) is 0 Å². The molecule has 1 aliphatic heterocycles. The number of carbonyl (C=O) groups excluding carboxylic acids is 1. The molecule has 1 rings (SSSR count). The first-order chi connectivity index (χ1) is 7.16. The van der Waals surface area contributed by atoms with Gasteiger partial charge in [0.1, 0.15) is 0 Å². The van der Waals surface area contributed by atoms with Crippen molar-refractivity contribution in [3.05, 3.63) is 0 Å². The molecule has 1 amide bonds. The summed E-state index contributed by atoms with van der Waals surface area (Å²) in [5.41, 5.74) is 0. The third-order valence-electron chi connectivity index (χ3n) is 3.24. The highest BCUT2D eigenvalue weighted by Crippen LogP contribution is 2.17. The molecule has 0 aromatic heterocycles. The number of rotatable bonds is 3. The van der Waals surface area contributed by atoms with Crippen LogP contribution in [0.3, 0.4) is 0 Å². The Balaban J connectivity index is 2.55. The van der Waals surface area contributed by atoms with Crippen LogP contribution in [0.15, 0.2) is 0 Å². The third kappa shape index (κ3) is 3.49. The molecule has 3 heteroatoms. The van der Waals surface area contributed by atoms with E-state index in [1.807, 2.05) is 18.7 Å². The molecule has 15 heavy (non-hydrogen) atoms. The van der Waals surface area contributed by atoms with E-state index < -0.39 is 0 Å². The zero-order chi connectivity index (χ0) is 11.3. The highest BCUT2D eigenvalue weighted by atomic mass is 16.3. The van der Waals surface area contributed by atoms with Gasteiger partial charge in [-0.1, -0.05) is 26.7 Å². The number of hydrogen-bond donors (Lipinski definition) is 1. The van der Waals surface area contributed by atoms with Crippen LogP contribution in [0.25, 0.3) is 0 Å². The van der Waals surface area contributed by atoms with Crippen molar-refractivity contribution in [1.29, 1.82) is 0 Å². The second kappa shape index (κ2) is 6.11. The Morgan fingerprint density at radius 2 is 1.73 bits per heavy atom. The third-order valence-corrected chi connectivity index (χ3v) is 3.24. The smallest absolute Gasteiger partial charge is 0.228 e. The quantitative estimate of drug-likeness (QED) is 0.774. The number of amides is 1. The number of nitrogens with zero attached hydrogens (tertiary/aromatic N) is 1. The van der Waals surface area contributed by atoms with Crippen LogP contribution < -0.4 is 0 Å². The van der Waals surface area contributed by atoms with E-state index in [0.29, 0.717) is 0 Å². The molecule has 1 saturated heterocycles. The Labute approximate surface area is 92.5 Å². The first-order valence-electron chi connectivity index (χ1n) is 6.06. The Bertz CT molecular complexity index is 196. The van der Waals surface area contributed by atoms with Crippen LogP contribution in [0.4, 0.5) is 0 Å². The second-order valence-electron chi connectivity index (χ2n) is 4.77. The van der Waals surface area contributed by atoms with Crippen molar-refractivity contribution in [3.63, 3.8) is 0 Å². The maximum absolute atomic E-state index is 12.1. The van der Waals surface area contributed by atoms with Crippen molar-refractivity contribution >= 4 is 5.91 Å². The van der Waals surface area contributed by atoms with E-state index in [1.165, 1.54) is 12.8 Å². The molecule has 1 heterocycles. The van der Waals surface area contributed by atoms with Gasteiger partial charge in [0, 0.05) is 13.1 Å².